The summed E-state index contributed by atoms with van der Waals surface area (Å²) in [5.74, 6) is -1.87. The fourth-order valence-corrected chi connectivity index (χ4v) is 1.74. The second kappa shape index (κ2) is 4.40. The Kier molecular flexibility index (Phi) is 2.93. The monoisotopic (exact) mass is 249 g/mol. The van der Waals surface area contributed by atoms with Gasteiger partial charge in [0.15, 0.2) is 5.57 Å². The third kappa shape index (κ3) is 1.88. The molecule has 94 valence electrons. The van der Waals surface area contributed by atoms with Crippen molar-refractivity contribution in [1.82, 2.24) is 5.32 Å². The van der Waals surface area contributed by atoms with Gasteiger partial charge in [-0.15, -0.1) is 0 Å². The van der Waals surface area contributed by atoms with Gasteiger partial charge >= 0.3 is 5.97 Å². The fourth-order valence-electron chi connectivity index (χ4n) is 1.74. The maximum atomic E-state index is 11.6. The Morgan fingerprint density at radius 2 is 1.89 bits per heavy atom. The molecule has 0 radical (unpaired) electrons. The van der Waals surface area contributed by atoms with Gasteiger partial charge in [-0.25, -0.2) is 4.79 Å². The van der Waals surface area contributed by atoms with E-state index in [2.05, 4.69) is 10.1 Å². The first-order chi connectivity index (χ1) is 8.54. The summed E-state index contributed by atoms with van der Waals surface area (Å²) in [4.78, 5) is 22.9. The molecule has 1 atom stereocenters. The number of carbonyl (C=O) groups excluding carboxylic acids is 2. The summed E-state index contributed by atoms with van der Waals surface area (Å²) in [6, 6.07) is 5.12. The zero-order valence-corrected chi connectivity index (χ0v) is 9.51. The van der Waals surface area contributed by atoms with E-state index in [1.54, 1.807) is 0 Å². The number of ether oxygens (including phenoxy) is 1. The molecule has 0 spiro atoms. The Bertz CT molecular complexity index is 532. The van der Waals surface area contributed by atoms with Crippen LogP contribution in [-0.4, -0.2) is 29.2 Å². The van der Waals surface area contributed by atoms with Crippen molar-refractivity contribution in [2.24, 2.45) is 0 Å². The van der Waals surface area contributed by atoms with Crippen LogP contribution in [0.3, 0.4) is 0 Å². The third-order valence-corrected chi connectivity index (χ3v) is 2.65. The second-order valence-electron chi connectivity index (χ2n) is 3.75. The van der Waals surface area contributed by atoms with Crippen LogP contribution in [0.5, 0.6) is 5.75 Å². The minimum absolute atomic E-state index is 0.0692. The molecule has 2 rings (SSSR count). The van der Waals surface area contributed by atoms with E-state index in [1.807, 2.05) is 0 Å². The molecule has 1 aliphatic rings. The third-order valence-electron chi connectivity index (χ3n) is 2.65. The average molecular weight is 249 g/mol. The molecule has 1 unspecified atom stereocenters. The van der Waals surface area contributed by atoms with E-state index in [0.29, 0.717) is 5.56 Å². The van der Waals surface area contributed by atoms with E-state index in [0.717, 1.165) is 7.11 Å². The topological polar surface area (TPSA) is 95.9 Å². The van der Waals surface area contributed by atoms with Crippen LogP contribution in [0.4, 0.5) is 0 Å². The Hall–Kier alpha value is -2.50. The number of carbonyl (C=O) groups is 2. The molecule has 3 N–H and O–H groups in total. The first-order valence-electron chi connectivity index (χ1n) is 5.16. The van der Waals surface area contributed by atoms with Crippen molar-refractivity contribution in [3.05, 3.63) is 41.2 Å². The number of nitrogens with one attached hydrogen (secondary N) is 1. The molecular formula is C12H11NO5. The van der Waals surface area contributed by atoms with Gasteiger partial charge < -0.3 is 20.3 Å². The summed E-state index contributed by atoms with van der Waals surface area (Å²) in [5.41, 5.74) is 0.160. The van der Waals surface area contributed by atoms with Crippen molar-refractivity contribution in [2.45, 2.75) is 6.04 Å². The lowest BCUT2D eigenvalue weighted by Gasteiger charge is -2.11. The van der Waals surface area contributed by atoms with Crippen LogP contribution in [-0.2, 0) is 14.3 Å². The van der Waals surface area contributed by atoms with Crippen molar-refractivity contribution in [3.63, 3.8) is 0 Å². The number of phenols is 1. The molecule has 1 aliphatic heterocycles. The van der Waals surface area contributed by atoms with E-state index >= 15 is 0 Å². The number of esters is 1. The van der Waals surface area contributed by atoms with Crippen LogP contribution in [0.15, 0.2) is 35.6 Å². The van der Waals surface area contributed by atoms with Crippen molar-refractivity contribution >= 4 is 11.9 Å². The number of hydrogen-bond donors (Lipinski definition) is 3. The molecule has 0 saturated heterocycles. The number of phenolic OH excluding ortho intramolecular Hbond substituents is 1. The first-order valence-corrected chi connectivity index (χ1v) is 5.16. The highest BCUT2D eigenvalue weighted by molar-refractivity contribution is 6.18. The Morgan fingerprint density at radius 1 is 1.28 bits per heavy atom. The number of aliphatic hydroxyl groups is 1. The molecule has 6 nitrogen and oxygen atoms in total. The largest absolute Gasteiger partial charge is 0.509 e. The predicted octanol–water partition coefficient (Wildman–Crippen LogP) is 0.548. The number of aromatic hydroxyl groups is 1. The molecule has 1 amide bonds. The molecule has 1 heterocycles. The highest BCUT2D eigenvalue weighted by atomic mass is 16.5. The van der Waals surface area contributed by atoms with Crippen LogP contribution in [0.2, 0.25) is 0 Å². The van der Waals surface area contributed by atoms with Crippen molar-refractivity contribution in [3.8, 4) is 5.75 Å². The Balaban J connectivity index is 2.38. The minimum atomic E-state index is -0.883. The first kappa shape index (κ1) is 12.0. The lowest BCUT2D eigenvalue weighted by Crippen LogP contribution is -2.24. The highest BCUT2D eigenvalue weighted by Gasteiger charge is 2.37. The smallest absolute Gasteiger partial charge is 0.347 e. The molecule has 1 aromatic carbocycles. The molecule has 6 heteroatoms. The average Bonchev–Trinajstić information content (AvgIpc) is 2.65. The zero-order valence-electron chi connectivity index (χ0n) is 9.51. The molecule has 0 aromatic heterocycles. The summed E-state index contributed by atoms with van der Waals surface area (Å²) in [5, 5.41) is 21.5. The van der Waals surface area contributed by atoms with E-state index < -0.39 is 23.5 Å². The van der Waals surface area contributed by atoms with Gasteiger partial charge in [0.25, 0.3) is 5.91 Å². The van der Waals surface area contributed by atoms with Gasteiger partial charge in [0.2, 0.25) is 0 Å². The lowest BCUT2D eigenvalue weighted by atomic mass is 10.1. The van der Waals surface area contributed by atoms with Crippen LogP contribution < -0.4 is 5.32 Å². The summed E-state index contributed by atoms with van der Waals surface area (Å²) >= 11 is 0. The number of amides is 1. The van der Waals surface area contributed by atoms with Crippen molar-refractivity contribution < 1.29 is 24.5 Å². The summed E-state index contributed by atoms with van der Waals surface area (Å²) in [7, 11) is 1.13. The molecular weight excluding hydrogens is 238 g/mol. The number of rotatable bonds is 2. The molecule has 0 bridgehead atoms. The van der Waals surface area contributed by atoms with Crippen LogP contribution in [0.1, 0.15) is 11.6 Å². The normalized spacial score (nSPS) is 18.7. The molecule has 18 heavy (non-hydrogen) atoms. The van der Waals surface area contributed by atoms with Crippen molar-refractivity contribution in [1.29, 1.82) is 0 Å². The summed E-state index contributed by atoms with van der Waals surface area (Å²) < 4.78 is 4.42. The maximum Gasteiger partial charge on any atom is 0.347 e. The number of methoxy groups -OCH3 is 1. The van der Waals surface area contributed by atoms with E-state index in [4.69, 9.17) is 5.11 Å². The summed E-state index contributed by atoms with van der Waals surface area (Å²) in [6.07, 6.45) is 0. The summed E-state index contributed by atoms with van der Waals surface area (Å²) in [6.45, 7) is 0. The van der Waals surface area contributed by atoms with E-state index in [9.17, 15) is 14.7 Å². The van der Waals surface area contributed by atoms with Crippen LogP contribution in [0.25, 0.3) is 0 Å². The van der Waals surface area contributed by atoms with Gasteiger partial charge in [-0.2, -0.15) is 0 Å². The van der Waals surface area contributed by atoms with Gasteiger partial charge in [0, 0.05) is 0 Å². The van der Waals surface area contributed by atoms with Crippen LogP contribution >= 0.6 is 0 Å². The van der Waals surface area contributed by atoms with E-state index in [-0.39, 0.29) is 11.5 Å². The number of hydrogen-bond acceptors (Lipinski definition) is 5. The fraction of sp³-hybridized carbons (Fsp3) is 0.167. The standard InChI is InChI=1S/C12H11NO5/c1-18-12(17)8-10(15)9(13-11(8)16)6-2-4-7(14)5-3-6/h2-5,9,14-15H,1H3,(H,13,16). The van der Waals surface area contributed by atoms with Crippen LogP contribution in [0, 0.1) is 0 Å². The number of aliphatic hydroxyl groups excluding tert-OH is 1. The Labute approximate surface area is 103 Å². The second-order valence-corrected chi connectivity index (χ2v) is 3.75. The SMILES string of the molecule is COC(=O)C1=C(O)C(c2ccc(O)cc2)NC1=O. The zero-order chi connectivity index (χ0) is 13.3. The highest BCUT2D eigenvalue weighted by Crippen LogP contribution is 2.29. The van der Waals surface area contributed by atoms with E-state index in [1.165, 1.54) is 24.3 Å². The maximum absolute atomic E-state index is 11.6. The lowest BCUT2D eigenvalue weighted by molar-refractivity contribution is -0.137. The van der Waals surface area contributed by atoms with Gasteiger partial charge in [-0.05, 0) is 17.7 Å². The predicted molar refractivity (Wildman–Crippen MR) is 60.7 cm³/mol. The van der Waals surface area contributed by atoms with Gasteiger partial charge in [0.05, 0.1) is 7.11 Å². The molecule has 0 saturated carbocycles. The van der Waals surface area contributed by atoms with Gasteiger partial charge in [0.1, 0.15) is 17.6 Å². The van der Waals surface area contributed by atoms with Gasteiger partial charge in [-0.1, -0.05) is 12.1 Å². The Morgan fingerprint density at radius 3 is 2.44 bits per heavy atom. The molecule has 0 aliphatic carbocycles. The quantitative estimate of drug-likeness (QED) is 0.525. The molecule has 1 aromatic rings. The van der Waals surface area contributed by atoms with Crippen molar-refractivity contribution in [2.75, 3.05) is 7.11 Å². The molecule has 0 fully saturated rings. The number of benzene rings is 1. The minimum Gasteiger partial charge on any atom is -0.509 e. The van der Waals surface area contributed by atoms with Gasteiger partial charge in [-0.3, -0.25) is 4.79 Å².